The molecule has 2 heterocycles. The maximum atomic E-state index is 12.2. The summed E-state index contributed by atoms with van der Waals surface area (Å²) in [5.74, 6) is -0.728. The normalized spacial score (nSPS) is 22.2. The Morgan fingerprint density at radius 3 is 2.73 bits per heavy atom. The summed E-state index contributed by atoms with van der Waals surface area (Å²) in [7, 11) is 0. The van der Waals surface area contributed by atoms with Crippen molar-refractivity contribution in [3.8, 4) is 0 Å². The average Bonchev–Trinajstić information content (AvgIpc) is 3.10. The average molecular weight is 303 g/mol. The highest BCUT2D eigenvalue weighted by Gasteiger charge is 2.44. The molecule has 5 heteroatoms. The minimum absolute atomic E-state index is 0.0701. The SMILES string of the molecule is CCCC=CC1C(CC)C(=O)C(=O)N1CCCn1ccnc1. The van der Waals surface area contributed by atoms with E-state index in [0.717, 1.165) is 25.8 Å². The highest BCUT2D eigenvalue weighted by Crippen LogP contribution is 2.27. The van der Waals surface area contributed by atoms with E-state index in [1.807, 2.05) is 17.7 Å². The van der Waals surface area contributed by atoms with E-state index >= 15 is 0 Å². The highest BCUT2D eigenvalue weighted by molar-refractivity contribution is 6.39. The van der Waals surface area contributed by atoms with Crippen molar-refractivity contribution in [1.82, 2.24) is 14.5 Å². The molecule has 2 atom stereocenters. The Labute approximate surface area is 132 Å². The van der Waals surface area contributed by atoms with Crippen molar-refractivity contribution >= 4 is 11.7 Å². The van der Waals surface area contributed by atoms with Crippen LogP contribution in [0.15, 0.2) is 30.9 Å². The van der Waals surface area contributed by atoms with Gasteiger partial charge in [-0.3, -0.25) is 9.59 Å². The molecule has 0 aromatic carbocycles. The van der Waals surface area contributed by atoms with Crippen molar-refractivity contribution in [2.24, 2.45) is 5.92 Å². The summed E-state index contributed by atoms with van der Waals surface area (Å²) in [6.45, 7) is 5.52. The van der Waals surface area contributed by atoms with Crippen LogP contribution in [0.4, 0.5) is 0 Å². The van der Waals surface area contributed by atoms with Gasteiger partial charge in [0, 0.05) is 25.5 Å². The van der Waals surface area contributed by atoms with Gasteiger partial charge >= 0.3 is 0 Å². The summed E-state index contributed by atoms with van der Waals surface area (Å²) < 4.78 is 1.99. The molecule has 2 unspecified atom stereocenters. The molecule has 120 valence electrons. The first-order valence-electron chi connectivity index (χ1n) is 8.16. The molecule has 1 aromatic rings. The molecule has 5 nitrogen and oxygen atoms in total. The second-order valence-electron chi connectivity index (χ2n) is 5.74. The summed E-state index contributed by atoms with van der Waals surface area (Å²) >= 11 is 0. The Kier molecular flexibility index (Phi) is 5.92. The molecule has 0 spiro atoms. The van der Waals surface area contributed by atoms with E-state index in [4.69, 9.17) is 0 Å². The fraction of sp³-hybridized carbons (Fsp3) is 0.588. The zero-order chi connectivity index (χ0) is 15.9. The molecule has 1 aliphatic rings. The molecule has 2 rings (SSSR count). The van der Waals surface area contributed by atoms with Gasteiger partial charge in [-0.05, 0) is 19.3 Å². The minimum atomic E-state index is -0.316. The molecule has 1 aromatic heterocycles. The summed E-state index contributed by atoms with van der Waals surface area (Å²) in [4.78, 5) is 30.1. The predicted octanol–water partition coefficient (Wildman–Crippen LogP) is 2.44. The fourth-order valence-electron chi connectivity index (χ4n) is 2.97. The molecule has 1 amide bonds. The topological polar surface area (TPSA) is 55.2 Å². The van der Waals surface area contributed by atoms with E-state index in [2.05, 4.69) is 24.1 Å². The number of likely N-dealkylation sites (tertiary alicyclic amines) is 1. The number of carbonyl (C=O) groups excluding carboxylic acids is 2. The van der Waals surface area contributed by atoms with Gasteiger partial charge in [-0.2, -0.15) is 0 Å². The fourth-order valence-corrected chi connectivity index (χ4v) is 2.97. The van der Waals surface area contributed by atoms with E-state index in [-0.39, 0.29) is 23.7 Å². The number of amides is 1. The third-order valence-electron chi connectivity index (χ3n) is 4.18. The number of ketones is 1. The number of nitrogens with zero attached hydrogens (tertiary/aromatic N) is 3. The van der Waals surface area contributed by atoms with E-state index in [1.165, 1.54) is 0 Å². The zero-order valence-electron chi connectivity index (χ0n) is 13.4. The molecular formula is C17H25N3O2. The van der Waals surface area contributed by atoms with Gasteiger partial charge in [0.25, 0.3) is 5.91 Å². The summed E-state index contributed by atoms with van der Waals surface area (Å²) in [5, 5.41) is 0. The Bertz CT molecular complexity index is 522. The molecule has 0 aliphatic carbocycles. The number of allylic oxidation sites excluding steroid dienone is 1. The van der Waals surface area contributed by atoms with Gasteiger partial charge < -0.3 is 9.47 Å². The van der Waals surface area contributed by atoms with Gasteiger partial charge in [0.05, 0.1) is 18.3 Å². The van der Waals surface area contributed by atoms with Crippen molar-refractivity contribution in [3.63, 3.8) is 0 Å². The number of rotatable bonds is 8. The highest BCUT2D eigenvalue weighted by atomic mass is 16.2. The summed E-state index contributed by atoms with van der Waals surface area (Å²) in [6, 6.07) is -0.0701. The number of hydrogen-bond donors (Lipinski definition) is 0. The molecular weight excluding hydrogens is 278 g/mol. The van der Waals surface area contributed by atoms with E-state index < -0.39 is 0 Å². The number of imidazole rings is 1. The Morgan fingerprint density at radius 2 is 2.09 bits per heavy atom. The van der Waals surface area contributed by atoms with E-state index in [1.54, 1.807) is 17.4 Å². The first kappa shape index (κ1) is 16.5. The monoisotopic (exact) mass is 303 g/mol. The van der Waals surface area contributed by atoms with Crippen molar-refractivity contribution in [1.29, 1.82) is 0 Å². The lowest BCUT2D eigenvalue weighted by Gasteiger charge is -2.24. The van der Waals surface area contributed by atoms with Crippen LogP contribution in [0.25, 0.3) is 0 Å². The number of Topliss-reactive ketones (excluding diaryl/α,β-unsaturated/α-hetero) is 1. The summed E-state index contributed by atoms with van der Waals surface area (Å²) in [5.41, 5.74) is 0. The lowest BCUT2D eigenvalue weighted by molar-refractivity contribution is -0.141. The molecule has 1 aliphatic heterocycles. The van der Waals surface area contributed by atoms with Crippen LogP contribution in [0.5, 0.6) is 0 Å². The first-order valence-corrected chi connectivity index (χ1v) is 8.16. The largest absolute Gasteiger partial charge is 0.337 e. The third-order valence-corrected chi connectivity index (χ3v) is 4.18. The Morgan fingerprint density at radius 1 is 1.27 bits per heavy atom. The van der Waals surface area contributed by atoms with Crippen molar-refractivity contribution in [2.45, 2.75) is 52.1 Å². The molecule has 0 radical (unpaired) electrons. The van der Waals surface area contributed by atoms with Gasteiger partial charge in [-0.15, -0.1) is 0 Å². The summed E-state index contributed by atoms with van der Waals surface area (Å²) in [6.07, 6.45) is 13.2. The maximum Gasteiger partial charge on any atom is 0.290 e. The number of aryl methyl sites for hydroxylation is 1. The number of unbranched alkanes of at least 4 members (excludes halogenated alkanes) is 1. The van der Waals surface area contributed by atoms with Gasteiger partial charge in [0.1, 0.15) is 0 Å². The predicted molar refractivity (Wildman–Crippen MR) is 85.2 cm³/mol. The lowest BCUT2D eigenvalue weighted by Crippen LogP contribution is -2.35. The number of carbonyl (C=O) groups is 2. The van der Waals surface area contributed by atoms with Crippen LogP contribution in [0.1, 0.15) is 39.5 Å². The number of hydrogen-bond acceptors (Lipinski definition) is 3. The first-order chi connectivity index (χ1) is 10.7. The Balaban J connectivity index is 2.00. The standard InChI is InChI=1S/C17H25N3O2/c1-3-5-6-8-15-14(4-2)16(21)17(22)20(15)11-7-10-19-12-9-18-13-19/h6,8-9,12-15H,3-5,7,10-11H2,1-2H3. The quantitative estimate of drug-likeness (QED) is 0.547. The molecule has 1 saturated heterocycles. The van der Waals surface area contributed by atoms with Crippen LogP contribution in [0.3, 0.4) is 0 Å². The van der Waals surface area contributed by atoms with Crippen LogP contribution in [0, 0.1) is 5.92 Å². The maximum absolute atomic E-state index is 12.2. The van der Waals surface area contributed by atoms with E-state index in [0.29, 0.717) is 13.0 Å². The Hall–Kier alpha value is -1.91. The lowest BCUT2D eigenvalue weighted by atomic mass is 9.95. The molecule has 0 saturated carbocycles. The van der Waals surface area contributed by atoms with Crippen LogP contribution in [-0.2, 0) is 16.1 Å². The smallest absolute Gasteiger partial charge is 0.290 e. The van der Waals surface area contributed by atoms with Crippen molar-refractivity contribution < 1.29 is 9.59 Å². The van der Waals surface area contributed by atoms with Crippen LogP contribution < -0.4 is 0 Å². The molecule has 0 N–H and O–H groups in total. The second kappa shape index (κ2) is 7.92. The van der Waals surface area contributed by atoms with Crippen LogP contribution in [-0.4, -0.2) is 38.7 Å². The molecule has 1 fully saturated rings. The third kappa shape index (κ3) is 3.64. The zero-order valence-corrected chi connectivity index (χ0v) is 13.4. The van der Waals surface area contributed by atoms with Gasteiger partial charge in [0.15, 0.2) is 0 Å². The van der Waals surface area contributed by atoms with E-state index in [9.17, 15) is 9.59 Å². The minimum Gasteiger partial charge on any atom is -0.337 e. The van der Waals surface area contributed by atoms with Crippen molar-refractivity contribution in [3.05, 3.63) is 30.9 Å². The molecule has 22 heavy (non-hydrogen) atoms. The molecule has 0 bridgehead atoms. The van der Waals surface area contributed by atoms with Crippen LogP contribution in [0.2, 0.25) is 0 Å². The van der Waals surface area contributed by atoms with Crippen LogP contribution >= 0.6 is 0 Å². The van der Waals surface area contributed by atoms with Gasteiger partial charge in [0.2, 0.25) is 5.78 Å². The van der Waals surface area contributed by atoms with Gasteiger partial charge in [-0.1, -0.05) is 32.4 Å². The number of aromatic nitrogens is 2. The van der Waals surface area contributed by atoms with Crippen molar-refractivity contribution in [2.75, 3.05) is 6.54 Å². The second-order valence-corrected chi connectivity index (χ2v) is 5.74. The van der Waals surface area contributed by atoms with Gasteiger partial charge in [-0.25, -0.2) is 4.98 Å².